The molecule has 0 saturated heterocycles. The number of rotatable bonds is 7. The third-order valence-corrected chi connectivity index (χ3v) is 2.48. The molecule has 0 unspecified atom stereocenters. The van der Waals surface area contributed by atoms with Crippen LogP contribution in [0.25, 0.3) is 0 Å². The fourth-order valence-corrected chi connectivity index (χ4v) is 1.60. The molecule has 0 spiro atoms. The Balaban J connectivity index is 2.60. The number of nitrogens with two attached hydrogens (primary N) is 1. The van der Waals surface area contributed by atoms with E-state index in [2.05, 4.69) is 0 Å². The smallest absolute Gasteiger partial charge is 0.251 e. The van der Waals surface area contributed by atoms with E-state index >= 15 is 0 Å². The molecular weight excluding hydrogens is 244 g/mol. The Kier molecular flexibility index (Phi) is 5.73. The molecule has 5 nitrogen and oxygen atoms in total. The molecule has 0 fully saturated rings. The first kappa shape index (κ1) is 14.6. The summed E-state index contributed by atoms with van der Waals surface area (Å²) in [6.07, 6.45) is -0.990. The maximum absolute atomic E-state index is 12.3. The quantitative estimate of drug-likeness (QED) is 0.724. The maximum Gasteiger partial charge on any atom is 0.251 e. The van der Waals surface area contributed by atoms with Crippen molar-refractivity contribution in [3.63, 3.8) is 0 Å². The molecule has 0 aliphatic rings. The number of aromatic nitrogens is 1. The molecule has 1 rings (SSSR count). The van der Waals surface area contributed by atoms with Gasteiger partial charge in [0.15, 0.2) is 0 Å². The van der Waals surface area contributed by atoms with Gasteiger partial charge in [0, 0.05) is 37.6 Å². The number of nitrogens with zero attached hydrogens (tertiary/aromatic N) is 2. The molecular formula is C11H17F2N3O2. The van der Waals surface area contributed by atoms with Gasteiger partial charge in [-0.2, -0.15) is 0 Å². The molecule has 102 valence electrons. The minimum absolute atomic E-state index is 0.154. The van der Waals surface area contributed by atoms with Crippen molar-refractivity contribution >= 4 is 5.69 Å². The lowest BCUT2D eigenvalue weighted by atomic mass is 10.4. The number of anilines is 1. The average Bonchev–Trinajstić information content (AvgIpc) is 2.29. The zero-order valence-corrected chi connectivity index (χ0v) is 9.93. The molecule has 3 N–H and O–H groups in total. The topological polar surface area (TPSA) is 71.5 Å². The van der Waals surface area contributed by atoms with E-state index in [1.807, 2.05) is 0 Å². The van der Waals surface area contributed by atoms with Gasteiger partial charge in [-0.1, -0.05) is 0 Å². The van der Waals surface area contributed by atoms with E-state index in [-0.39, 0.29) is 31.8 Å². The zero-order valence-electron chi connectivity index (χ0n) is 9.93. The van der Waals surface area contributed by atoms with E-state index in [1.54, 1.807) is 0 Å². The van der Waals surface area contributed by atoms with Gasteiger partial charge in [-0.15, -0.1) is 0 Å². The summed E-state index contributed by atoms with van der Waals surface area (Å²) in [7, 11) is 0. The summed E-state index contributed by atoms with van der Waals surface area (Å²) in [5, 5.41) is 8.77. The predicted octanol–water partition coefficient (Wildman–Crippen LogP) is -0.0101. The standard InChI is InChI=1S/C11H17F2N3O2/c12-10(13)8-15(5-6-17)3-4-16-7-9(14)1-2-11(16)18/h1-2,7,10,17H,3-6,8,14H2. The van der Waals surface area contributed by atoms with Crippen molar-refractivity contribution in [3.8, 4) is 0 Å². The Morgan fingerprint density at radius 3 is 2.72 bits per heavy atom. The van der Waals surface area contributed by atoms with E-state index in [0.29, 0.717) is 5.69 Å². The minimum Gasteiger partial charge on any atom is -0.398 e. The highest BCUT2D eigenvalue weighted by Gasteiger charge is 2.11. The summed E-state index contributed by atoms with van der Waals surface area (Å²) in [5.74, 6) is 0. The Morgan fingerprint density at radius 1 is 1.39 bits per heavy atom. The second-order valence-electron chi connectivity index (χ2n) is 3.91. The van der Waals surface area contributed by atoms with Gasteiger partial charge in [-0.05, 0) is 6.07 Å². The van der Waals surface area contributed by atoms with Crippen LogP contribution in [-0.4, -0.2) is 47.2 Å². The van der Waals surface area contributed by atoms with E-state index < -0.39 is 13.0 Å². The van der Waals surface area contributed by atoms with E-state index in [1.165, 1.54) is 27.8 Å². The van der Waals surface area contributed by atoms with Crippen LogP contribution in [0.3, 0.4) is 0 Å². The molecule has 0 saturated carbocycles. The number of nitrogen functional groups attached to an aromatic ring is 1. The van der Waals surface area contributed by atoms with Crippen LogP contribution in [-0.2, 0) is 6.54 Å². The van der Waals surface area contributed by atoms with Crippen molar-refractivity contribution in [2.75, 3.05) is 32.0 Å². The van der Waals surface area contributed by atoms with Gasteiger partial charge in [0.05, 0.1) is 13.2 Å². The van der Waals surface area contributed by atoms with Gasteiger partial charge < -0.3 is 15.4 Å². The lowest BCUT2D eigenvalue weighted by molar-refractivity contribution is 0.0764. The number of aliphatic hydroxyl groups excluding tert-OH is 1. The zero-order chi connectivity index (χ0) is 13.5. The van der Waals surface area contributed by atoms with Gasteiger partial charge in [0.1, 0.15) is 0 Å². The van der Waals surface area contributed by atoms with Crippen LogP contribution in [0.1, 0.15) is 0 Å². The summed E-state index contributed by atoms with van der Waals surface area (Å²) in [4.78, 5) is 12.9. The first-order valence-electron chi connectivity index (χ1n) is 5.60. The fourth-order valence-electron chi connectivity index (χ4n) is 1.60. The van der Waals surface area contributed by atoms with Crippen molar-refractivity contribution in [2.45, 2.75) is 13.0 Å². The predicted molar refractivity (Wildman–Crippen MR) is 64.6 cm³/mol. The summed E-state index contributed by atoms with van der Waals surface area (Å²) < 4.78 is 25.9. The Morgan fingerprint density at radius 2 is 2.11 bits per heavy atom. The van der Waals surface area contributed by atoms with Crippen LogP contribution in [0.15, 0.2) is 23.1 Å². The molecule has 7 heteroatoms. The van der Waals surface area contributed by atoms with Crippen molar-refractivity contribution in [1.82, 2.24) is 9.47 Å². The van der Waals surface area contributed by atoms with E-state index in [4.69, 9.17) is 10.8 Å². The number of hydrogen-bond donors (Lipinski definition) is 2. The molecule has 0 amide bonds. The van der Waals surface area contributed by atoms with Crippen LogP contribution in [0.4, 0.5) is 14.5 Å². The molecule has 0 aromatic carbocycles. The number of alkyl halides is 2. The maximum atomic E-state index is 12.3. The normalized spacial score (nSPS) is 11.4. The highest BCUT2D eigenvalue weighted by molar-refractivity contribution is 5.33. The monoisotopic (exact) mass is 261 g/mol. The highest BCUT2D eigenvalue weighted by Crippen LogP contribution is 2.00. The van der Waals surface area contributed by atoms with Crippen molar-refractivity contribution in [2.24, 2.45) is 0 Å². The molecule has 0 aliphatic heterocycles. The van der Waals surface area contributed by atoms with Gasteiger partial charge in [-0.3, -0.25) is 9.69 Å². The average molecular weight is 261 g/mol. The van der Waals surface area contributed by atoms with Crippen LogP contribution >= 0.6 is 0 Å². The van der Waals surface area contributed by atoms with Crippen LogP contribution in [0.2, 0.25) is 0 Å². The Bertz CT molecular complexity index is 423. The number of pyridine rings is 1. The van der Waals surface area contributed by atoms with Gasteiger partial charge in [0.2, 0.25) is 0 Å². The Hall–Kier alpha value is -1.47. The van der Waals surface area contributed by atoms with Crippen molar-refractivity contribution < 1.29 is 13.9 Å². The second kappa shape index (κ2) is 7.07. The molecule has 0 aliphatic carbocycles. The fraction of sp³-hybridized carbons (Fsp3) is 0.545. The van der Waals surface area contributed by atoms with Crippen LogP contribution in [0, 0.1) is 0 Å². The lowest BCUT2D eigenvalue weighted by Gasteiger charge is -2.21. The molecule has 1 heterocycles. The molecule has 18 heavy (non-hydrogen) atoms. The largest absolute Gasteiger partial charge is 0.398 e. The highest BCUT2D eigenvalue weighted by atomic mass is 19.3. The van der Waals surface area contributed by atoms with Gasteiger partial charge >= 0.3 is 0 Å². The number of aliphatic hydroxyl groups is 1. The van der Waals surface area contributed by atoms with Crippen LogP contribution in [0.5, 0.6) is 0 Å². The second-order valence-corrected chi connectivity index (χ2v) is 3.91. The third-order valence-electron chi connectivity index (χ3n) is 2.48. The first-order chi connectivity index (χ1) is 8.52. The lowest BCUT2D eigenvalue weighted by Crippen LogP contribution is -2.36. The third kappa shape index (κ3) is 4.80. The van der Waals surface area contributed by atoms with Crippen molar-refractivity contribution in [3.05, 3.63) is 28.7 Å². The molecule has 0 bridgehead atoms. The minimum atomic E-state index is -2.46. The summed E-state index contributed by atoms with van der Waals surface area (Å²) in [6.45, 7) is 0.0580. The summed E-state index contributed by atoms with van der Waals surface area (Å²) >= 11 is 0. The van der Waals surface area contributed by atoms with Gasteiger partial charge in [0.25, 0.3) is 12.0 Å². The van der Waals surface area contributed by atoms with E-state index in [9.17, 15) is 13.6 Å². The molecule has 0 radical (unpaired) electrons. The molecule has 1 aromatic heterocycles. The van der Waals surface area contributed by atoms with Crippen molar-refractivity contribution in [1.29, 1.82) is 0 Å². The van der Waals surface area contributed by atoms with Crippen LogP contribution < -0.4 is 11.3 Å². The Labute approximate surface area is 103 Å². The number of hydrogen-bond acceptors (Lipinski definition) is 4. The molecule has 0 atom stereocenters. The van der Waals surface area contributed by atoms with Gasteiger partial charge in [-0.25, -0.2) is 8.78 Å². The summed E-state index contributed by atoms with van der Waals surface area (Å²) in [5.41, 5.74) is 5.75. The molecule has 1 aromatic rings. The summed E-state index contributed by atoms with van der Waals surface area (Å²) in [6, 6.07) is 2.82. The number of halogens is 2. The first-order valence-corrected chi connectivity index (χ1v) is 5.60. The van der Waals surface area contributed by atoms with E-state index in [0.717, 1.165) is 0 Å². The SMILES string of the molecule is Nc1ccc(=O)n(CCN(CCO)CC(F)F)c1.